The van der Waals surface area contributed by atoms with E-state index in [4.69, 9.17) is 9.47 Å². The Labute approximate surface area is 405 Å². The first-order valence-corrected chi connectivity index (χ1v) is 26.0. The number of carbonyl (C=O) groups excluding carboxylic acids is 2. The van der Waals surface area contributed by atoms with Crippen molar-refractivity contribution < 1.29 is 24.2 Å². The molecule has 5 nitrogen and oxygen atoms in total. The quantitative estimate of drug-likeness (QED) is 0.0374. The largest absolute Gasteiger partial charge is 0.462 e. The van der Waals surface area contributed by atoms with Crippen LogP contribution in [0.1, 0.15) is 194 Å². The lowest BCUT2D eigenvalue weighted by molar-refractivity contribution is -0.161. The second kappa shape index (κ2) is 54.9. The molecular weight excluding hydrogens is 813 g/mol. The van der Waals surface area contributed by atoms with E-state index in [-0.39, 0.29) is 31.6 Å². The van der Waals surface area contributed by atoms with Gasteiger partial charge in [0.15, 0.2) is 6.10 Å². The molecule has 1 unspecified atom stereocenters. The summed E-state index contributed by atoms with van der Waals surface area (Å²) in [5.74, 6) is -0.705. The Morgan fingerprint density at radius 1 is 0.348 bits per heavy atom. The van der Waals surface area contributed by atoms with Crippen LogP contribution in [0.5, 0.6) is 0 Å². The van der Waals surface area contributed by atoms with Crippen molar-refractivity contribution in [1.82, 2.24) is 0 Å². The van der Waals surface area contributed by atoms with Gasteiger partial charge in [0, 0.05) is 12.8 Å². The Balaban J connectivity index is 3.65. The summed E-state index contributed by atoms with van der Waals surface area (Å²) < 4.78 is 10.6. The highest BCUT2D eigenvalue weighted by atomic mass is 16.6. The number of hydrogen-bond donors (Lipinski definition) is 1. The molecule has 0 aromatic rings. The molecule has 0 radical (unpaired) electrons. The molecule has 368 valence electrons. The average Bonchev–Trinajstić information content (AvgIpc) is 3.32. The van der Waals surface area contributed by atoms with Gasteiger partial charge in [-0.15, -0.1) is 0 Å². The molecule has 0 rings (SSSR count). The maximum atomic E-state index is 12.3. The summed E-state index contributed by atoms with van der Waals surface area (Å²) >= 11 is 0. The number of allylic oxidation sites excluding steroid dienone is 26. The summed E-state index contributed by atoms with van der Waals surface area (Å²) in [4.78, 5) is 24.4. The minimum absolute atomic E-state index is 0.117. The number of rotatable bonds is 45. The van der Waals surface area contributed by atoms with Crippen LogP contribution < -0.4 is 0 Å². The molecule has 0 spiro atoms. The standard InChI is InChI=1S/C61H94O5/c1-3-5-7-9-11-13-15-17-19-21-23-24-25-26-27-28-29-30-31-32-33-34-35-36-38-40-42-44-46-48-50-52-54-56-61(64)66-59(57-62)58-65-60(63)55-53-51-49-47-45-43-41-39-37-22-20-18-16-14-12-10-8-6-4-2/h5-8,11-14,17-20,23-24,26-27,29-30,32-33,37,39,43,45,49,51,59,62H,3-4,9-10,15-16,21-22,25,28,31,34-36,38,40-42,44,46-48,50,52-58H2,1-2H3/b7-5-,8-6-,13-11-,14-12-,19-17-,20-18-,24-23-,27-26-,30-29-,33-32-,39-37-,45-43-,51-49-. The molecule has 5 heteroatoms. The summed E-state index contributed by atoms with van der Waals surface area (Å²) in [6.45, 7) is 3.83. The molecule has 0 saturated carbocycles. The van der Waals surface area contributed by atoms with Gasteiger partial charge in [0.2, 0.25) is 0 Å². The number of esters is 2. The van der Waals surface area contributed by atoms with Gasteiger partial charge in [0.25, 0.3) is 0 Å². The number of hydrogen-bond acceptors (Lipinski definition) is 5. The van der Waals surface area contributed by atoms with E-state index in [1.54, 1.807) is 0 Å². The zero-order valence-electron chi connectivity index (χ0n) is 41.9. The van der Waals surface area contributed by atoms with Gasteiger partial charge in [-0.25, -0.2) is 0 Å². The molecule has 0 fully saturated rings. The topological polar surface area (TPSA) is 72.8 Å². The van der Waals surface area contributed by atoms with Crippen LogP contribution in [0, 0.1) is 0 Å². The van der Waals surface area contributed by atoms with Crippen LogP contribution in [-0.4, -0.2) is 36.4 Å². The van der Waals surface area contributed by atoms with Gasteiger partial charge < -0.3 is 14.6 Å². The van der Waals surface area contributed by atoms with E-state index >= 15 is 0 Å². The Kier molecular flexibility index (Phi) is 51.1. The molecule has 0 saturated heterocycles. The van der Waals surface area contributed by atoms with Gasteiger partial charge in [-0.1, -0.05) is 230 Å². The van der Waals surface area contributed by atoms with Crippen LogP contribution in [-0.2, 0) is 19.1 Å². The lowest BCUT2D eigenvalue weighted by Crippen LogP contribution is -2.28. The van der Waals surface area contributed by atoms with Crippen molar-refractivity contribution in [2.75, 3.05) is 13.2 Å². The molecule has 0 aromatic heterocycles. The molecule has 0 heterocycles. The highest BCUT2D eigenvalue weighted by molar-refractivity contribution is 5.70. The number of carbonyl (C=O) groups is 2. The second-order valence-electron chi connectivity index (χ2n) is 16.5. The highest BCUT2D eigenvalue weighted by Crippen LogP contribution is 2.13. The first kappa shape index (κ1) is 61.5. The maximum Gasteiger partial charge on any atom is 0.306 e. The second-order valence-corrected chi connectivity index (χ2v) is 16.5. The Hall–Kier alpha value is -4.48. The van der Waals surface area contributed by atoms with E-state index in [9.17, 15) is 14.7 Å². The van der Waals surface area contributed by atoms with Crippen LogP contribution in [0.3, 0.4) is 0 Å². The van der Waals surface area contributed by atoms with Crippen molar-refractivity contribution >= 4 is 11.9 Å². The fraction of sp³-hybridized carbons (Fsp3) is 0.541. The summed E-state index contributed by atoms with van der Waals surface area (Å²) in [6, 6.07) is 0. The summed E-state index contributed by atoms with van der Waals surface area (Å²) in [5, 5.41) is 9.62. The zero-order valence-corrected chi connectivity index (χ0v) is 41.9. The van der Waals surface area contributed by atoms with E-state index in [0.717, 1.165) is 103 Å². The Morgan fingerprint density at radius 3 is 0.970 bits per heavy atom. The van der Waals surface area contributed by atoms with Crippen molar-refractivity contribution in [3.63, 3.8) is 0 Å². The highest BCUT2D eigenvalue weighted by Gasteiger charge is 2.16. The van der Waals surface area contributed by atoms with Crippen molar-refractivity contribution in [2.45, 2.75) is 200 Å². The predicted octanol–water partition coefficient (Wildman–Crippen LogP) is 17.6. The third-order valence-electron chi connectivity index (χ3n) is 10.3. The lowest BCUT2D eigenvalue weighted by Gasteiger charge is -2.15. The van der Waals surface area contributed by atoms with E-state index in [1.807, 2.05) is 12.2 Å². The van der Waals surface area contributed by atoms with E-state index in [0.29, 0.717) is 12.8 Å². The molecular formula is C61H94O5. The lowest BCUT2D eigenvalue weighted by atomic mass is 10.0. The van der Waals surface area contributed by atoms with Gasteiger partial charge in [-0.05, 0) is 109 Å². The van der Waals surface area contributed by atoms with Gasteiger partial charge in [0.05, 0.1) is 6.61 Å². The summed E-state index contributed by atoms with van der Waals surface area (Å²) in [7, 11) is 0. The van der Waals surface area contributed by atoms with E-state index < -0.39 is 6.10 Å². The van der Waals surface area contributed by atoms with Gasteiger partial charge in [0.1, 0.15) is 6.61 Å². The number of ether oxygens (including phenoxy) is 2. The minimum Gasteiger partial charge on any atom is -0.462 e. The predicted molar refractivity (Wildman–Crippen MR) is 287 cm³/mol. The number of aliphatic hydroxyl groups excluding tert-OH is 1. The van der Waals surface area contributed by atoms with Crippen molar-refractivity contribution in [3.05, 3.63) is 158 Å². The third-order valence-corrected chi connectivity index (χ3v) is 10.3. The van der Waals surface area contributed by atoms with Crippen LogP contribution in [0.2, 0.25) is 0 Å². The van der Waals surface area contributed by atoms with Crippen molar-refractivity contribution in [1.29, 1.82) is 0 Å². The molecule has 0 aliphatic heterocycles. The fourth-order valence-corrected chi connectivity index (χ4v) is 6.50. The third kappa shape index (κ3) is 52.1. The SMILES string of the molecule is CC/C=C\C/C=C\C/C=C\C/C=C\C/C=C\C/C=C\C/C=C\CCCCCCCCCCCCCC(=O)OC(CO)COC(=O)CC/C=C\C/C=C\C/C=C\C/C=C\C/C=C\C/C=C\CC. The first-order chi connectivity index (χ1) is 32.6. The minimum atomic E-state index is -0.817. The first-order valence-electron chi connectivity index (χ1n) is 26.0. The number of unbranched alkanes of at least 4 members (excludes halogenated alkanes) is 11. The molecule has 0 aliphatic rings. The molecule has 1 N–H and O–H groups in total. The number of aliphatic hydroxyl groups is 1. The fourth-order valence-electron chi connectivity index (χ4n) is 6.50. The molecule has 1 atom stereocenters. The molecule has 0 bridgehead atoms. The monoisotopic (exact) mass is 907 g/mol. The molecule has 66 heavy (non-hydrogen) atoms. The maximum absolute atomic E-state index is 12.3. The van der Waals surface area contributed by atoms with E-state index in [2.05, 4.69) is 160 Å². The van der Waals surface area contributed by atoms with E-state index in [1.165, 1.54) is 57.8 Å². The van der Waals surface area contributed by atoms with Gasteiger partial charge >= 0.3 is 11.9 Å². The average molecular weight is 907 g/mol. The molecule has 0 aromatic carbocycles. The molecule has 0 amide bonds. The smallest absolute Gasteiger partial charge is 0.306 e. The van der Waals surface area contributed by atoms with Crippen LogP contribution in [0.4, 0.5) is 0 Å². The van der Waals surface area contributed by atoms with Crippen LogP contribution >= 0.6 is 0 Å². The zero-order chi connectivity index (χ0) is 47.7. The summed E-state index contributed by atoms with van der Waals surface area (Å²) in [6.07, 6.45) is 84.9. The molecule has 0 aliphatic carbocycles. The normalized spacial score (nSPS) is 13.6. The Morgan fingerprint density at radius 2 is 0.636 bits per heavy atom. The van der Waals surface area contributed by atoms with Crippen LogP contribution in [0.15, 0.2) is 158 Å². The summed E-state index contributed by atoms with van der Waals surface area (Å²) in [5.41, 5.74) is 0. The Bertz CT molecular complexity index is 1490. The van der Waals surface area contributed by atoms with Crippen molar-refractivity contribution in [2.24, 2.45) is 0 Å². The van der Waals surface area contributed by atoms with Crippen molar-refractivity contribution in [3.8, 4) is 0 Å². The van der Waals surface area contributed by atoms with Gasteiger partial charge in [-0.2, -0.15) is 0 Å². The van der Waals surface area contributed by atoms with Crippen LogP contribution in [0.25, 0.3) is 0 Å². The van der Waals surface area contributed by atoms with Gasteiger partial charge in [-0.3, -0.25) is 9.59 Å².